The summed E-state index contributed by atoms with van der Waals surface area (Å²) in [5.41, 5.74) is 4.43. The fourth-order valence-electron chi connectivity index (χ4n) is 2.95. The van der Waals surface area contributed by atoms with Gasteiger partial charge in [0.05, 0.1) is 19.3 Å². The van der Waals surface area contributed by atoms with Crippen LogP contribution in [0.2, 0.25) is 0 Å². The van der Waals surface area contributed by atoms with Crippen molar-refractivity contribution >= 4 is 17.8 Å². The molecule has 3 aromatic rings. The van der Waals surface area contributed by atoms with Gasteiger partial charge in [0.15, 0.2) is 16.7 Å². The van der Waals surface area contributed by atoms with Gasteiger partial charge in [0.2, 0.25) is 0 Å². The molecule has 0 atom stereocenters. The summed E-state index contributed by atoms with van der Waals surface area (Å²) < 4.78 is 7.35. The van der Waals surface area contributed by atoms with Crippen molar-refractivity contribution in [3.63, 3.8) is 0 Å². The van der Waals surface area contributed by atoms with Crippen LogP contribution in [0.5, 0.6) is 11.5 Å². The SMILES string of the molecule is COc1cc(/C=C2/Cn3cc(-c4ccccc4C)nc3S2)ccc1O. The summed E-state index contributed by atoms with van der Waals surface area (Å²) in [5, 5.41) is 10.7. The molecule has 0 bridgehead atoms. The Hall–Kier alpha value is -2.66. The molecule has 0 amide bonds. The van der Waals surface area contributed by atoms with E-state index in [0.717, 1.165) is 23.0 Å². The van der Waals surface area contributed by atoms with Crippen molar-refractivity contribution < 1.29 is 9.84 Å². The topological polar surface area (TPSA) is 47.3 Å². The number of methoxy groups -OCH3 is 1. The lowest BCUT2D eigenvalue weighted by molar-refractivity contribution is 0.373. The van der Waals surface area contributed by atoms with Crippen LogP contribution in [0.4, 0.5) is 0 Å². The summed E-state index contributed by atoms with van der Waals surface area (Å²) in [4.78, 5) is 6.00. The molecule has 2 aromatic carbocycles. The van der Waals surface area contributed by atoms with Crippen molar-refractivity contribution in [3.05, 3.63) is 64.7 Å². The van der Waals surface area contributed by atoms with E-state index < -0.39 is 0 Å². The Balaban J connectivity index is 1.58. The van der Waals surface area contributed by atoms with Crippen LogP contribution in [0.25, 0.3) is 17.3 Å². The standard InChI is InChI=1S/C20H18N2O2S/c1-13-5-3-4-6-16(13)17-12-22-11-15(25-20(22)21-17)9-14-7-8-18(23)19(10-14)24-2/h3-10,12,23H,11H2,1-2H3/b15-9-. The number of imidazole rings is 1. The highest BCUT2D eigenvalue weighted by atomic mass is 32.2. The average molecular weight is 350 g/mol. The van der Waals surface area contributed by atoms with Crippen LogP contribution in [0.15, 0.2) is 58.7 Å². The highest BCUT2D eigenvalue weighted by Gasteiger charge is 2.20. The number of allylic oxidation sites excluding steroid dienone is 1. The molecular formula is C20H18N2O2S. The minimum atomic E-state index is 0.152. The van der Waals surface area contributed by atoms with E-state index in [-0.39, 0.29) is 5.75 Å². The predicted molar refractivity (Wildman–Crippen MR) is 101 cm³/mol. The molecule has 0 radical (unpaired) electrons. The number of phenolic OH excluding ortho intramolecular Hbond substituents is 1. The van der Waals surface area contributed by atoms with E-state index in [2.05, 4.69) is 35.9 Å². The van der Waals surface area contributed by atoms with E-state index >= 15 is 0 Å². The van der Waals surface area contributed by atoms with Crippen molar-refractivity contribution in [2.45, 2.75) is 18.6 Å². The summed E-state index contributed by atoms with van der Waals surface area (Å²) in [5.74, 6) is 0.636. The second-order valence-corrected chi connectivity index (χ2v) is 7.09. The van der Waals surface area contributed by atoms with Crippen LogP contribution in [0.1, 0.15) is 11.1 Å². The van der Waals surface area contributed by atoms with Crippen LogP contribution < -0.4 is 4.74 Å². The first-order valence-electron chi connectivity index (χ1n) is 8.02. The van der Waals surface area contributed by atoms with Gasteiger partial charge < -0.3 is 14.4 Å². The Bertz CT molecular complexity index is 950. The maximum Gasteiger partial charge on any atom is 0.173 e. The number of phenols is 1. The molecular weight excluding hydrogens is 332 g/mol. The zero-order valence-electron chi connectivity index (χ0n) is 14.1. The molecule has 1 aliphatic heterocycles. The molecule has 126 valence electrons. The number of nitrogens with zero attached hydrogens (tertiary/aromatic N) is 2. The normalized spacial score (nSPS) is 14.7. The van der Waals surface area contributed by atoms with Gasteiger partial charge in [0.25, 0.3) is 0 Å². The molecule has 1 aromatic heterocycles. The third kappa shape index (κ3) is 3.03. The van der Waals surface area contributed by atoms with E-state index in [1.165, 1.54) is 16.0 Å². The van der Waals surface area contributed by atoms with E-state index in [1.807, 2.05) is 24.3 Å². The number of aromatic hydroxyl groups is 1. The largest absolute Gasteiger partial charge is 0.504 e. The molecule has 1 aliphatic rings. The summed E-state index contributed by atoms with van der Waals surface area (Å²) >= 11 is 1.68. The Kier molecular flexibility index (Phi) is 4.01. The molecule has 0 aliphatic carbocycles. The van der Waals surface area contributed by atoms with E-state index in [4.69, 9.17) is 9.72 Å². The van der Waals surface area contributed by atoms with Gasteiger partial charge in [-0.1, -0.05) is 42.1 Å². The average Bonchev–Trinajstić information content (AvgIpc) is 3.15. The molecule has 0 saturated heterocycles. The first-order valence-corrected chi connectivity index (χ1v) is 8.84. The van der Waals surface area contributed by atoms with Crippen LogP contribution in [0.3, 0.4) is 0 Å². The summed E-state index contributed by atoms with van der Waals surface area (Å²) in [6.45, 7) is 2.92. The third-order valence-corrected chi connectivity index (χ3v) is 5.26. The Labute approximate surface area is 150 Å². The first kappa shape index (κ1) is 15.8. The van der Waals surface area contributed by atoms with E-state index in [1.54, 1.807) is 24.9 Å². The lowest BCUT2D eigenvalue weighted by Gasteiger charge is -2.04. The zero-order chi connectivity index (χ0) is 17.4. The number of thioether (sulfide) groups is 1. The van der Waals surface area contributed by atoms with Gasteiger partial charge in [-0.05, 0) is 36.3 Å². The fourth-order valence-corrected chi connectivity index (χ4v) is 3.96. The van der Waals surface area contributed by atoms with Crippen molar-refractivity contribution in [1.82, 2.24) is 9.55 Å². The maximum atomic E-state index is 9.70. The van der Waals surface area contributed by atoms with Crippen LogP contribution >= 0.6 is 11.8 Å². The van der Waals surface area contributed by atoms with Gasteiger partial charge in [-0.15, -0.1) is 0 Å². The molecule has 0 spiro atoms. The highest BCUT2D eigenvalue weighted by molar-refractivity contribution is 8.03. The number of hydrogen-bond acceptors (Lipinski definition) is 4. The molecule has 1 N–H and O–H groups in total. The smallest absolute Gasteiger partial charge is 0.173 e. The second-order valence-electron chi connectivity index (χ2n) is 6.00. The third-order valence-electron chi connectivity index (χ3n) is 4.24. The zero-order valence-corrected chi connectivity index (χ0v) is 14.9. The molecule has 4 rings (SSSR count). The van der Waals surface area contributed by atoms with Gasteiger partial charge in [-0.25, -0.2) is 4.98 Å². The van der Waals surface area contributed by atoms with E-state index in [0.29, 0.717) is 5.75 Å². The van der Waals surface area contributed by atoms with Crippen LogP contribution in [0, 0.1) is 6.92 Å². The molecule has 0 fully saturated rings. The summed E-state index contributed by atoms with van der Waals surface area (Å²) in [7, 11) is 1.55. The number of fused-ring (bicyclic) bond motifs is 1. The van der Waals surface area contributed by atoms with Gasteiger partial charge >= 0.3 is 0 Å². The van der Waals surface area contributed by atoms with Gasteiger partial charge in [0.1, 0.15) is 0 Å². The van der Waals surface area contributed by atoms with Crippen molar-refractivity contribution in [3.8, 4) is 22.8 Å². The minimum Gasteiger partial charge on any atom is -0.504 e. The maximum absolute atomic E-state index is 9.70. The van der Waals surface area contributed by atoms with Crippen molar-refractivity contribution in [2.24, 2.45) is 0 Å². The first-order chi connectivity index (χ1) is 12.1. The Morgan fingerprint density at radius 3 is 2.84 bits per heavy atom. The molecule has 4 nitrogen and oxygen atoms in total. The molecule has 0 unspecified atom stereocenters. The Morgan fingerprint density at radius 1 is 1.24 bits per heavy atom. The fraction of sp³-hybridized carbons (Fsp3) is 0.150. The van der Waals surface area contributed by atoms with Gasteiger partial charge in [-0.2, -0.15) is 0 Å². The van der Waals surface area contributed by atoms with E-state index in [9.17, 15) is 5.11 Å². The lowest BCUT2D eigenvalue weighted by atomic mass is 10.1. The molecule has 0 saturated carbocycles. The van der Waals surface area contributed by atoms with Gasteiger partial charge in [-0.3, -0.25) is 0 Å². The minimum absolute atomic E-state index is 0.152. The summed E-state index contributed by atoms with van der Waals surface area (Å²) in [6, 6.07) is 13.7. The number of hydrogen-bond donors (Lipinski definition) is 1. The number of rotatable bonds is 3. The van der Waals surface area contributed by atoms with Crippen LogP contribution in [-0.4, -0.2) is 21.8 Å². The highest BCUT2D eigenvalue weighted by Crippen LogP contribution is 2.38. The number of ether oxygens (including phenoxy) is 1. The second kappa shape index (κ2) is 6.33. The van der Waals surface area contributed by atoms with Crippen molar-refractivity contribution in [1.29, 1.82) is 0 Å². The Morgan fingerprint density at radius 2 is 2.08 bits per heavy atom. The molecule has 25 heavy (non-hydrogen) atoms. The monoisotopic (exact) mass is 350 g/mol. The lowest BCUT2D eigenvalue weighted by Crippen LogP contribution is -1.90. The van der Waals surface area contributed by atoms with Gasteiger partial charge in [0, 0.05) is 16.7 Å². The number of benzene rings is 2. The van der Waals surface area contributed by atoms with Crippen LogP contribution in [-0.2, 0) is 6.54 Å². The quantitative estimate of drug-likeness (QED) is 0.742. The number of aromatic nitrogens is 2. The molecule has 2 heterocycles. The summed E-state index contributed by atoms with van der Waals surface area (Å²) in [6.07, 6.45) is 4.22. The predicted octanol–water partition coefficient (Wildman–Crippen LogP) is 4.72. The number of aryl methyl sites for hydroxylation is 1. The molecule has 5 heteroatoms. The van der Waals surface area contributed by atoms with Crippen molar-refractivity contribution in [2.75, 3.05) is 7.11 Å².